The number of halogens is 3. The maximum absolute atomic E-state index is 13.0. The Hall–Kier alpha value is -2.60. The molecule has 2 aromatic rings. The van der Waals surface area contributed by atoms with Crippen molar-refractivity contribution < 1.29 is 18.0 Å². The van der Waals surface area contributed by atoms with E-state index < -0.39 is 11.7 Å². The van der Waals surface area contributed by atoms with Gasteiger partial charge in [0, 0.05) is 18.7 Å². The molecule has 1 saturated heterocycles. The fourth-order valence-corrected chi connectivity index (χ4v) is 4.64. The van der Waals surface area contributed by atoms with Crippen LogP contribution in [0.25, 0.3) is 6.08 Å². The second-order valence-electron chi connectivity index (χ2n) is 8.81. The second kappa shape index (κ2) is 9.90. The molecular weight excluding hydrogens is 413 g/mol. The summed E-state index contributed by atoms with van der Waals surface area (Å²) in [6, 6.07) is 14.4. The maximum Gasteiger partial charge on any atom is 0.416 e. The summed E-state index contributed by atoms with van der Waals surface area (Å²) in [6.45, 7) is 3.41. The van der Waals surface area contributed by atoms with Gasteiger partial charge < -0.3 is 10.2 Å². The van der Waals surface area contributed by atoms with E-state index in [4.69, 9.17) is 0 Å². The zero-order valence-corrected chi connectivity index (χ0v) is 18.1. The van der Waals surface area contributed by atoms with E-state index in [0.717, 1.165) is 56.6 Å². The molecule has 2 aliphatic rings. The minimum absolute atomic E-state index is 0.174. The van der Waals surface area contributed by atoms with E-state index in [1.54, 1.807) is 6.08 Å². The van der Waals surface area contributed by atoms with Crippen LogP contribution in [0.1, 0.15) is 41.5 Å². The molecule has 6 heteroatoms. The van der Waals surface area contributed by atoms with Gasteiger partial charge in [-0.2, -0.15) is 13.2 Å². The lowest BCUT2D eigenvalue weighted by Crippen LogP contribution is -2.40. The van der Waals surface area contributed by atoms with Crippen LogP contribution >= 0.6 is 0 Å². The number of alkyl halides is 3. The fourth-order valence-electron chi connectivity index (χ4n) is 4.64. The van der Waals surface area contributed by atoms with Crippen LogP contribution in [-0.2, 0) is 23.8 Å². The van der Waals surface area contributed by atoms with Gasteiger partial charge in [0.1, 0.15) is 0 Å². The Kier molecular flexibility index (Phi) is 6.99. The molecule has 0 radical (unpaired) electrons. The Bertz CT molecular complexity index is 961. The number of aryl methyl sites for hydroxylation is 1. The van der Waals surface area contributed by atoms with E-state index >= 15 is 0 Å². The van der Waals surface area contributed by atoms with Crippen molar-refractivity contribution in [2.24, 2.45) is 5.92 Å². The lowest BCUT2D eigenvalue weighted by molar-refractivity contribution is -0.137. The highest BCUT2D eigenvalue weighted by molar-refractivity contribution is 5.98. The van der Waals surface area contributed by atoms with Gasteiger partial charge >= 0.3 is 6.18 Å². The predicted octanol–water partition coefficient (Wildman–Crippen LogP) is 5.11. The van der Waals surface area contributed by atoms with Crippen LogP contribution in [0.15, 0.2) is 54.1 Å². The molecule has 170 valence electrons. The number of nitrogens with one attached hydrogen (secondary N) is 1. The number of nitrogens with zero attached hydrogens (tertiary/aromatic N) is 1. The number of hydrogen-bond acceptors (Lipinski definition) is 2. The number of amides is 1. The van der Waals surface area contributed by atoms with Crippen molar-refractivity contribution in [3.63, 3.8) is 0 Å². The van der Waals surface area contributed by atoms with Gasteiger partial charge in [0.25, 0.3) is 0 Å². The number of carbonyl (C=O) groups is 1. The van der Waals surface area contributed by atoms with Crippen LogP contribution in [0.4, 0.5) is 13.2 Å². The van der Waals surface area contributed by atoms with Crippen LogP contribution in [0.2, 0.25) is 0 Å². The average molecular weight is 443 g/mol. The zero-order valence-electron chi connectivity index (χ0n) is 18.1. The van der Waals surface area contributed by atoms with E-state index in [0.29, 0.717) is 36.4 Å². The van der Waals surface area contributed by atoms with Gasteiger partial charge in [-0.1, -0.05) is 36.4 Å². The largest absolute Gasteiger partial charge is 0.416 e. The van der Waals surface area contributed by atoms with Gasteiger partial charge in [-0.25, -0.2) is 0 Å². The summed E-state index contributed by atoms with van der Waals surface area (Å²) in [7, 11) is 0. The van der Waals surface area contributed by atoms with Crippen molar-refractivity contribution in [1.82, 2.24) is 10.2 Å². The Morgan fingerprint density at radius 3 is 2.50 bits per heavy atom. The van der Waals surface area contributed by atoms with Crippen molar-refractivity contribution >= 4 is 12.0 Å². The normalized spacial score (nSPS) is 17.5. The highest BCUT2D eigenvalue weighted by Crippen LogP contribution is 2.33. The topological polar surface area (TPSA) is 32.3 Å². The standard InChI is InChI=1S/C26H29F3N2O/c27-26(28,29)24-9-8-21-6-7-22(17-23(21)18-24)25(32)30-12-15-31-13-10-20(11-14-31)16-19-4-2-1-3-5-19/h1-5,8-9,17-18,20H,6-7,10-16H2,(H,30,32). The summed E-state index contributed by atoms with van der Waals surface area (Å²) in [6.07, 6.45) is 1.81. The van der Waals surface area contributed by atoms with Crippen LogP contribution in [0.5, 0.6) is 0 Å². The highest BCUT2D eigenvalue weighted by Gasteiger charge is 2.31. The monoisotopic (exact) mass is 442 g/mol. The first-order valence-corrected chi connectivity index (χ1v) is 11.3. The predicted molar refractivity (Wildman–Crippen MR) is 120 cm³/mol. The summed E-state index contributed by atoms with van der Waals surface area (Å²) in [5, 5.41) is 2.96. The number of benzene rings is 2. The van der Waals surface area contributed by atoms with Crippen LogP contribution in [0.3, 0.4) is 0 Å². The molecule has 0 bridgehead atoms. The summed E-state index contributed by atoms with van der Waals surface area (Å²) < 4.78 is 39.0. The lowest BCUT2D eigenvalue weighted by atomic mass is 9.90. The number of piperidine rings is 1. The molecule has 1 fully saturated rings. The number of fused-ring (bicyclic) bond motifs is 1. The lowest BCUT2D eigenvalue weighted by Gasteiger charge is -2.32. The second-order valence-corrected chi connectivity index (χ2v) is 8.81. The van der Waals surface area contributed by atoms with Gasteiger partial charge in [-0.3, -0.25) is 4.79 Å². The molecule has 1 heterocycles. The smallest absolute Gasteiger partial charge is 0.351 e. The summed E-state index contributed by atoms with van der Waals surface area (Å²) >= 11 is 0. The number of hydrogen-bond donors (Lipinski definition) is 1. The molecule has 1 amide bonds. The van der Waals surface area contributed by atoms with E-state index in [2.05, 4.69) is 34.5 Å². The van der Waals surface area contributed by atoms with Gasteiger partial charge in [-0.15, -0.1) is 0 Å². The Morgan fingerprint density at radius 2 is 1.78 bits per heavy atom. The molecule has 3 nitrogen and oxygen atoms in total. The molecule has 2 aromatic carbocycles. The van der Waals surface area contributed by atoms with Crippen molar-refractivity contribution in [3.8, 4) is 0 Å². The molecule has 1 aliphatic heterocycles. The molecular formula is C26H29F3N2O. The van der Waals surface area contributed by atoms with Crippen LogP contribution in [-0.4, -0.2) is 37.0 Å². The third-order valence-electron chi connectivity index (χ3n) is 6.55. The molecule has 1 aliphatic carbocycles. The van der Waals surface area contributed by atoms with E-state index in [1.165, 1.54) is 11.6 Å². The Morgan fingerprint density at radius 1 is 1.03 bits per heavy atom. The average Bonchev–Trinajstić information content (AvgIpc) is 2.79. The minimum atomic E-state index is -4.38. The van der Waals surface area contributed by atoms with Crippen LogP contribution in [0, 0.1) is 5.92 Å². The minimum Gasteiger partial charge on any atom is -0.351 e. The molecule has 1 N–H and O–H groups in total. The third-order valence-corrected chi connectivity index (χ3v) is 6.55. The van der Waals surface area contributed by atoms with E-state index in [9.17, 15) is 18.0 Å². The van der Waals surface area contributed by atoms with Gasteiger partial charge in [0.15, 0.2) is 0 Å². The summed E-state index contributed by atoms with van der Waals surface area (Å²) in [5.41, 5.74) is 2.62. The van der Waals surface area contributed by atoms with Gasteiger partial charge in [0.05, 0.1) is 5.56 Å². The Labute approximate surface area is 187 Å². The number of carbonyl (C=O) groups excluding carboxylic acids is 1. The number of rotatable bonds is 6. The quantitative estimate of drug-likeness (QED) is 0.675. The Balaban J connectivity index is 1.23. The van der Waals surface area contributed by atoms with Gasteiger partial charge in [0.2, 0.25) is 5.91 Å². The van der Waals surface area contributed by atoms with E-state index in [-0.39, 0.29) is 5.91 Å². The molecule has 0 aromatic heterocycles. The van der Waals surface area contributed by atoms with E-state index in [1.807, 2.05) is 6.07 Å². The SMILES string of the molecule is O=C(NCCN1CCC(Cc2ccccc2)CC1)C1=Cc2cc(C(F)(F)F)ccc2CC1. The van der Waals surface area contributed by atoms with Crippen molar-refractivity contribution in [2.75, 3.05) is 26.2 Å². The zero-order chi connectivity index (χ0) is 22.6. The first kappa shape index (κ1) is 22.6. The molecule has 4 rings (SSSR count). The van der Waals surface area contributed by atoms with Crippen LogP contribution < -0.4 is 5.32 Å². The van der Waals surface area contributed by atoms with Gasteiger partial charge in [-0.05, 0) is 86.0 Å². The molecule has 0 unspecified atom stereocenters. The molecule has 0 atom stereocenters. The fraction of sp³-hybridized carbons (Fsp3) is 0.423. The molecule has 0 saturated carbocycles. The first-order chi connectivity index (χ1) is 15.4. The molecule has 32 heavy (non-hydrogen) atoms. The van der Waals surface area contributed by atoms with Crippen molar-refractivity contribution in [2.45, 2.75) is 38.3 Å². The summed E-state index contributed by atoms with van der Waals surface area (Å²) in [5.74, 6) is 0.532. The first-order valence-electron chi connectivity index (χ1n) is 11.3. The molecule has 0 spiro atoms. The number of likely N-dealkylation sites (tertiary alicyclic amines) is 1. The summed E-state index contributed by atoms with van der Waals surface area (Å²) in [4.78, 5) is 14.9. The highest BCUT2D eigenvalue weighted by atomic mass is 19.4. The maximum atomic E-state index is 13.0. The van der Waals surface area contributed by atoms with Crippen molar-refractivity contribution in [3.05, 3.63) is 76.4 Å². The van der Waals surface area contributed by atoms with Crippen molar-refractivity contribution in [1.29, 1.82) is 0 Å². The third kappa shape index (κ3) is 5.80.